The fourth-order valence-corrected chi connectivity index (χ4v) is 3.32. The molecule has 134 valence electrons. The summed E-state index contributed by atoms with van der Waals surface area (Å²) in [6.45, 7) is 1.24. The standard InChI is InChI=1S/C21H21NO4/c1-22-12-14(7-21(22)23)13-25-18-9-16(8-17(11-18)24-2)20-10-15-5-3-4-6-19(15)26-20/h3-6,8-11,14H,7,12-13H2,1-2H3. The van der Waals surface area contributed by atoms with Gasteiger partial charge in [0.15, 0.2) is 0 Å². The monoisotopic (exact) mass is 351 g/mol. The normalized spacial score (nSPS) is 17.1. The zero-order valence-corrected chi connectivity index (χ0v) is 14.9. The van der Waals surface area contributed by atoms with Gasteiger partial charge in [-0.1, -0.05) is 18.2 Å². The average molecular weight is 351 g/mol. The van der Waals surface area contributed by atoms with Gasteiger partial charge in [-0.05, 0) is 24.3 Å². The van der Waals surface area contributed by atoms with Gasteiger partial charge in [-0.3, -0.25) is 4.79 Å². The highest BCUT2D eigenvalue weighted by atomic mass is 16.5. The van der Waals surface area contributed by atoms with Gasteiger partial charge in [-0.2, -0.15) is 0 Å². The molecule has 3 aromatic rings. The number of carbonyl (C=O) groups excluding carboxylic acids is 1. The van der Waals surface area contributed by atoms with Crippen molar-refractivity contribution in [1.29, 1.82) is 0 Å². The quantitative estimate of drug-likeness (QED) is 0.698. The molecule has 1 aliphatic rings. The van der Waals surface area contributed by atoms with Gasteiger partial charge in [0.05, 0.1) is 13.7 Å². The third-order valence-corrected chi connectivity index (χ3v) is 4.73. The fourth-order valence-electron chi connectivity index (χ4n) is 3.32. The van der Waals surface area contributed by atoms with E-state index < -0.39 is 0 Å². The lowest BCUT2D eigenvalue weighted by atomic mass is 10.1. The van der Waals surface area contributed by atoms with Gasteiger partial charge >= 0.3 is 0 Å². The molecule has 0 aliphatic carbocycles. The molecule has 2 aromatic carbocycles. The number of amides is 1. The van der Waals surface area contributed by atoms with Crippen molar-refractivity contribution in [2.75, 3.05) is 27.3 Å². The topological polar surface area (TPSA) is 51.9 Å². The summed E-state index contributed by atoms with van der Waals surface area (Å²) in [5.74, 6) is 2.57. The summed E-state index contributed by atoms with van der Waals surface area (Å²) in [4.78, 5) is 13.4. The molecule has 1 aromatic heterocycles. The summed E-state index contributed by atoms with van der Waals surface area (Å²) in [6, 6.07) is 15.7. The highest BCUT2D eigenvalue weighted by molar-refractivity contribution is 5.83. The van der Waals surface area contributed by atoms with Crippen molar-refractivity contribution in [1.82, 2.24) is 4.90 Å². The van der Waals surface area contributed by atoms with E-state index in [4.69, 9.17) is 13.9 Å². The Kier molecular flexibility index (Phi) is 4.29. The van der Waals surface area contributed by atoms with Crippen LogP contribution in [0.15, 0.2) is 52.9 Å². The molecule has 4 rings (SSSR count). The Morgan fingerprint density at radius 2 is 1.96 bits per heavy atom. The third-order valence-electron chi connectivity index (χ3n) is 4.73. The molecular formula is C21H21NO4. The van der Waals surface area contributed by atoms with Gasteiger partial charge in [0.2, 0.25) is 5.91 Å². The maximum atomic E-state index is 11.7. The van der Waals surface area contributed by atoms with Crippen molar-refractivity contribution < 1.29 is 18.7 Å². The van der Waals surface area contributed by atoms with Gasteiger partial charge in [-0.25, -0.2) is 0 Å². The van der Waals surface area contributed by atoms with E-state index in [0.29, 0.717) is 24.5 Å². The van der Waals surface area contributed by atoms with Crippen LogP contribution in [0.5, 0.6) is 11.5 Å². The van der Waals surface area contributed by atoms with Crippen LogP contribution in [0.3, 0.4) is 0 Å². The second kappa shape index (κ2) is 6.75. The number of para-hydroxylation sites is 1. The zero-order valence-electron chi connectivity index (χ0n) is 14.9. The predicted molar refractivity (Wildman–Crippen MR) is 99.4 cm³/mol. The summed E-state index contributed by atoms with van der Waals surface area (Å²) in [5, 5.41) is 1.06. The molecule has 1 fully saturated rings. The fraction of sp³-hybridized carbons (Fsp3) is 0.286. The number of likely N-dealkylation sites (tertiary alicyclic amines) is 1. The largest absolute Gasteiger partial charge is 0.497 e. The lowest BCUT2D eigenvalue weighted by molar-refractivity contribution is -0.126. The Morgan fingerprint density at radius 3 is 2.69 bits per heavy atom. The molecule has 1 saturated heterocycles. The smallest absolute Gasteiger partial charge is 0.222 e. The first kappa shape index (κ1) is 16.5. The SMILES string of the molecule is COc1cc(OCC2CC(=O)N(C)C2)cc(-c2cc3ccccc3o2)c1. The summed E-state index contributed by atoms with van der Waals surface area (Å²) in [7, 11) is 3.46. The van der Waals surface area contributed by atoms with Crippen molar-refractivity contribution >= 4 is 16.9 Å². The average Bonchev–Trinajstić information content (AvgIpc) is 3.23. The minimum Gasteiger partial charge on any atom is -0.497 e. The molecule has 2 heterocycles. The van der Waals surface area contributed by atoms with Crippen molar-refractivity contribution in [3.63, 3.8) is 0 Å². The highest BCUT2D eigenvalue weighted by Gasteiger charge is 2.27. The van der Waals surface area contributed by atoms with Crippen LogP contribution in [-0.2, 0) is 4.79 Å². The second-order valence-electron chi connectivity index (χ2n) is 6.70. The van der Waals surface area contributed by atoms with Crippen molar-refractivity contribution in [3.05, 3.63) is 48.5 Å². The van der Waals surface area contributed by atoms with E-state index in [2.05, 4.69) is 0 Å². The van der Waals surface area contributed by atoms with E-state index >= 15 is 0 Å². The maximum Gasteiger partial charge on any atom is 0.222 e. The summed E-state index contributed by atoms with van der Waals surface area (Å²) in [6.07, 6.45) is 0.539. The van der Waals surface area contributed by atoms with Crippen molar-refractivity contribution in [2.24, 2.45) is 5.92 Å². The van der Waals surface area contributed by atoms with E-state index in [1.807, 2.05) is 55.6 Å². The van der Waals surface area contributed by atoms with Gasteiger partial charge in [0.1, 0.15) is 22.8 Å². The minimum absolute atomic E-state index is 0.173. The van der Waals surface area contributed by atoms with Crippen LogP contribution < -0.4 is 9.47 Å². The number of ether oxygens (including phenoxy) is 2. The number of nitrogens with zero attached hydrogens (tertiary/aromatic N) is 1. The van der Waals surface area contributed by atoms with Gasteiger partial charge < -0.3 is 18.8 Å². The summed E-state index contributed by atoms with van der Waals surface area (Å²) < 4.78 is 17.3. The van der Waals surface area contributed by atoms with Crippen LogP contribution in [0.4, 0.5) is 0 Å². The Hall–Kier alpha value is -2.95. The Bertz CT molecular complexity index is 913. The maximum absolute atomic E-state index is 11.7. The number of hydrogen-bond acceptors (Lipinski definition) is 4. The number of hydrogen-bond donors (Lipinski definition) is 0. The third kappa shape index (κ3) is 3.25. The van der Waals surface area contributed by atoms with Crippen molar-refractivity contribution in [3.8, 4) is 22.8 Å². The first-order valence-corrected chi connectivity index (χ1v) is 8.67. The lowest BCUT2D eigenvalue weighted by Gasteiger charge is -2.13. The molecule has 1 atom stereocenters. The zero-order chi connectivity index (χ0) is 18.1. The van der Waals surface area contributed by atoms with E-state index in [1.165, 1.54) is 0 Å². The van der Waals surface area contributed by atoms with Crippen LogP contribution in [0.2, 0.25) is 0 Å². The second-order valence-corrected chi connectivity index (χ2v) is 6.70. The van der Waals surface area contributed by atoms with Gasteiger partial charge in [0, 0.05) is 42.9 Å². The number of furan rings is 1. The molecule has 26 heavy (non-hydrogen) atoms. The summed E-state index contributed by atoms with van der Waals surface area (Å²) >= 11 is 0. The van der Waals surface area contributed by atoms with E-state index in [0.717, 1.165) is 28.8 Å². The molecule has 0 radical (unpaired) electrons. The molecule has 0 bridgehead atoms. The van der Waals surface area contributed by atoms with E-state index in [1.54, 1.807) is 12.0 Å². The molecule has 0 saturated carbocycles. The number of rotatable bonds is 5. The number of fused-ring (bicyclic) bond motifs is 1. The van der Waals surface area contributed by atoms with Crippen LogP contribution in [0.25, 0.3) is 22.3 Å². The first-order chi connectivity index (χ1) is 12.6. The lowest BCUT2D eigenvalue weighted by Crippen LogP contribution is -2.20. The Balaban J connectivity index is 1.58. The highest BCUT2D eigenvalue weighted by Crippen LogP contribution is 2.33. The van der Waals surface area contributed by atoms with Crippen LogP contribution >= 0.6 is 0 Å². The van der Waals surface area contributed by atoms with Crippen LogP contribution in [0, 0.1) is 5.92 Å². The van der Waals surface area contributed by atoms with Crippen molar-refractivity contribution in [2.45, 2.75) is 6.42 Å². The number of carbonyl (C=O) groups is 1. The predicted octanol–water partition coefficient (Wildman–Crippen LogP) is 3.97. The van der Waals surface area contributed by atoms with Crippen LogP contribution in [-0.4, -0.2) is 38.1 Å². The molecular weight excluding hydrogens is 330 g/mol. The summed E-state index contributed by atoms with van der Waals surface area (Å²) in [5.41, 5.74) is 1.75. The number of methoxy groups -OCH3 is 1. The molecule has 1 amide bonds. The first-order valence-electron chi connectivity index (χ1n) is 8.67. The Morgan fingerprint density at radius 1 is 1.15 bits per heavy atom. The number of benzene rings is 2. The molecule has 5 heteroatoms. The Labute approximate surface area is 152 Å². The molecule has 1 aliphatic heterocycles. The van der Waals surface area contributed by atoms with Gasteiger partial charge in [0.25, 0.3) is 0 Å². The van der Waals surface area contributed by atoms with Gasteiger partial charge in [-0.15, -0.1) is 0 Å². The van der Waals surface area contributed by atoms with Crippen LogP contribution in [0.1, 0.15) is 6.42 Å². The molecule has 0 N–H and O–H groups in total. The molecule has 5 nitrogen and oxygen atoms in total. The minimum atomic E-state index is 0.173. The van der Waals surface area contributed by atoms with E-state index in [9.17, 15) is 4.79 Å². The molecule has 0 spiro atoms. The van der Waals surface area contributed by atoms with E-state index in [-0.39, 0.29) is 11.8 Å². The molecule has 1 unspecified atom stereocenters.